The zero-order valence-electron chi connectivity index (χ0n) is 10.0. The van der Waals surface area contributed by atoms with Crippen LogP contribution in [0.2, 0.25) is 0 Å². The molecular formula is C12H14O7. The maximum absolute atomic E-state index is 11.1. The molecule has 0 amide bonds. The summed E-state index contributed by atoms with van der Waals surface area (Å²) in [6, 6.07) is 3.97. The standard InChI is InChI=1S/C12H14O7/c13-4-5-18-6-7-19-9-3-1-2-8(11(14)15)10(9)12(16)17/h1-3,13H,4-7H2,(H,14,15)(H,16,17). The molecule has 19 heavy (non-hydrogen) atoms. The Morgan fingerprint density at radius 2 is 1.79 bits per heavy atom. The largest absolute Gasteiger partial charge is 0.490 e. The lowest BCUT2D eigenvalue weighted by Gasteiger charge is -2.11. The minimum absolute atomic E-state index is 0.0278. The van der Waals surface area contributed by atoms with E-state index in [0.717, 1.165) is 0 Å². The lowest BCUT2D eigenvalue weighted by atomic mass is 10.1. The fraction of sp³-hybridized carbons (Fsp3) is 0.333. The summed E-state index contributed by atoms with van der Waals surface area (Å²) >= 11 is 0. The highest BCUT2D eigenvalue weighted by Gasteiger charge is 2.20. The molecular weight excluding hydrogens is 256 g/mol. The van der Waals surface area contributed by atoms with Crippen molar-refractivity contribution in [1.29, 1.82) is 0 Å². The lowest BCUT2D eigenvalue weighted by Crippen LogP contribution is -2.14. The number of hydrogen-bond acceptors (Lipinski definition) is 5. The van der Waals surface area contributed by atoms with Crippen LogP contribution in [0.5, 0.6) is 5.75 Å². The smallest absolute Gasteiger partial charge is 0.340 e. The van der Waals surface area contributed by atoms with Gasteiger partial charge in [-0.2, -0.15) is 0 Å². The third-order valence-corrected chi connectivity index (χ3v) is 2.19. The molecule has 3 N–H and O–H groups in total. The molecule has 1 rings (SSSR count). The third-order valence-electron chi connectivity index (χ3n) is 2.19. The molecule has 1 aromatic carbocycles. The number of aliphatic hydroxyl groups excluding tert-OH is 1. The Hall–Kier alpha value is -2.12. The van der Waals surface area contributed by atoms with Crippen molar-refractivity contribution in [2.45, 2.75) is 0 Å². The molecule has 0 aliphatic carbocycles. The summed E-state index contributed by atoms with van der Waals surface area (Å²) in [5, 5.41) is 26.4. The van der Waals surface area contributed by atoms with Crippen LogP contribution in [0, 0.1) is 0 Å². The Morgan fingerprint density at radius 1 is 1.05 bits per heavy atom. The Bertz CT molecular complexity index is 455. The summed E-state index contributed by atoms with van der Waals surface area (Å²) < 4.78 is 10.1. The Morgan fingerprint density at radius 3 is 2.37 bits per heavy atom. The van der Waals surface area contributed by atoms with Crippen LogP contribution in [-0.2, 0) is 4.74 Å². The lowest BCUT2D eigenvalue weighted by molar-refractivity contribution is 0.0627. The topological polar surface area (TPSA) is 113 Å². The molecule has 1 aromatic rings. The number of hydrogen-bond donors (Lipinski definition) is 3. The van der Waals surface area contributed by atoms with Gasteiger partial charge in [0.05, 0.1) is 25.4 Å². The fourth-order valence-electron chi connectivity index (χ4n) is 1.43. The van der Waals surface area contributed by atoms with E-state index in [4.69, 9.17) is 24.8 Å². The second kappa shape index (κ2) is 7.34. The van der Waals surface area contributed by atoms with Crippen molar-refractivity contribution in [3.63, 3.8) is 0 Å². The van der Waals surface area contributed by atoms with Gasteiger partial charge in [-0.25, -0.2) is 9.59 Å². The molecule has 0 saturated heterocycles. The number of carboxylic acid groups (broad SMARTS) is 2. The van der Waals surface area contributed by atoms with Crippen LogP contribution < -0.4 is 4.74 Å². The number of carbonyl (C=O) groups is 2. The zero-order chi connectivity index (χ0) is 14.3. The van der Waals surface area contributed by atoms with E-state index in [1.54, 1.807) is 0 Å². The summed E-state index contributed by atoms with van der Waals surface area (Å²) in [5.74, 6) is -2.73. The first-order chi connectivity index (χ1) is 9.07. The van der Waals surface area contributed by atoms with E-state index in [-0.39, 0.29) is 37.7 Å². The molecule has 0 bridgehead atoms. The summed E-state index contributed by atoms with van der Waals surface area (Å²) in [6.07, 6.45) is 0. The zero-order valence-corrected chi connectivity index (χ0v) is 10.0. The van der Waals surface area contributed by atoms with Crippen LogP contribution in [-0.4, -0.2) is 53.7 Å². The van der Waals surface area contributed by atoms with Crippen molar-refractivity contribution in [1.82, 2.24) is 0 Å². The maximum atomic E-state index is 11.1. The van der Waals surface area contributed by atoms with E-state index >= 15 is 0 Å². The molecule has 0 spiro atoms. The number of rotatable bonds is 8. The second-order valence-corrected chi connectivity index (χ2v) is 3.47. The number of carboxylic acids is 2. The average molecular weight is 270 g/mol. The van der Waals surface area contributed by atoms with E-state index in [2.05, 4.69) is 0 Å². The number of aliphatic hydroxyl groups is 1. The highest BCUT2D eigenvalue weighted by molar-refractivity contribution is 6.03. The minimum atomic E-state index is -1.37. The van der Waals surface area contributed by atoms with Crippen molar-refractivity contribution in [2.75, 3.05) is 26.4 Å². The molecule has 0 fully saturated rings. The quantitative estimate of drug-likeness (QED) is 0.588. The van der Waals surface area contributed by atoms with E-state index < -0.39 is 17.5 Å². The molecule has 7 nitrogen and oxygen atoms in total. The average Bonchev–Trinajstić information content (AvgIpc) is 2.37. The monoisotopic (exact) mass is 270 g/mol. The van der Waals surface area contributed by atoms with E-state index in [0.29, 0.717) is 0 Å². The molecule has 0 aromatic heterocycles. The van der Waals surface area contributed by atoms with Gasteiger partial charge in [-0.3, -0.25) is 0 Å². The number of aromatic carboxylic acids is 2. The first-order valence-electron chi connectivity index (χ1n) is 5.49. The van der Waals surface area contributed by atoms with Crippen LogP contribution in [0.25, 0.3) is 0 Å². The minimum Gasteiger partial charge on any atom is -0.490 e. The van der Waals surface area contributed by atoms with Crippen molar-refractivity contribution in [2.24, 2.45) is 0 Å². The first-order valence-corrected chi connectivity index (χ1v) is 5.49. The highest BCUT2D eigenvalue weighted by atomic mass is 16.5. The van der Waals surface area contributed by atoms with Gasteiger partial charge in [0.25, 0.3) is 0 Å². The van der Waals surface area contributed by atoms with Crippen molar-refractivity contribution in [3.05, 3.63) is 29.3 Å². The van der Waals surface area contributed by atoms with E-state index in [1.807, 2.05) is 0 Å². The molecule has 0 saturated carbocycles. The van der Waals surface area contributed by atoms with Crippen molar-refractivity contribution < 1.29 is 34.4 Å². The molecule has 0 radical (unpaired) electrons. The molecule has 0 aliphatic heterocycles. The van der Waals surface area contributed by atoms with Crippen LogP contribution in [0.3, 0.4) is 0 Å². The van der Waals surface area contributed by atoms with Gasteiger partial charge in [0.1, 0.15) is 17.9 Å². The fourth-order valence-corrected chi connectivity index (χ4v) is 1.43. The summed E-state index contributed by atoms with van der Waals surface area (Å²) in [4.78, 5) is 22.0. The van der Waals surface area contributed by atoms with Gasteiger partial charge in [-0.05, 0) is 12.1 Å². The Balaban J connectivity index is 2.80. The Labute approximate surface area is 109 Å². The molecule has 7 heteroatoms. The van der Waals surface area contributed by atoms with Crippen LogP contribution >= 0.6 is 0 Å². The molecule has 0 aliphatic rings. The van der Waals surface area contributed by atoms with E-state index in [9.17, 15) is 9.59 Å². The maximum Gasteiger partial charge on any atom is 0.340 e. The van der Waals surface area contributed by atoms with Crippen LogP contribution in [0.1, 0.15) is 20.7 Å². The van der Waals surface area contributed by atoms with Crippen LogP contribution in [0.15, 0.2) is 18.2 Å². The van der Waals surface area contributed by atoms with Gasteiger partial charge in [0, 0.05) is 0 Å². The van der Waals surface area contributed by atoms with Gasteiger partial charge in [-0.15, -0.1) is 0 Å². The summed E-state index contributed by atoms with van der Waals surface area (Å²) in [7, 11) is 0. The van der Waals surface area contributed by atoms with Gasteiger partial charge in [0.15, 0.2) is 0 Å². The predicted molar refractivity (Wildman–Crippen MR) is 63.8 cm³/mol. The van der Waals surface area contributed by atoms with Gasteiger partial charge < -0.3 is 24.8 Å². The molecule has 0 heterocycles. The van der Waals surface area contributed by atoms with Gasteiger partial charge in [0.2, 0.25) is 0 Å². The number of ether oxygens (including phenoxy) is 2. The Kier molecular flexibility index (Phi) is 5.77. The van der Waals surface area contributed by atoms with Crippen LogP contribution in [0.4, 0.5) is 0 Å². The summed E-state index contributed by atoms with van der Waals surface area (Å²) in [6.45, 7) is 0.263. The van der Waals surface area contributed by atoms with Crippen molar-refractivity contribution >= 4 is 11.9 Å². The molecule has 0 unspecified atom stereocenters. The van der Waals surface area contributed by atoms with Crippen molar-refractivity contribution in [3.8, 4) is 5.75 Å². The first kappa shape index (κ1) is 14.9. The molecule has 0 atom stereocenters. The normalized spacial score (nSPS) is 10.2. The van der Waals surface area contributed by atoms with Gasteiger partial charge in [-0.1, -0.05) is 6.07 Å². The second-order valence-electron chi connectivity index (χ2n) is 3.47. The molecule has 104 valence electrons. The van der Waals surface area contributed by atoms with E-state index in [1.165, 1.54) is 18.2 Å². The predicted octanol–water partition coefficient (Wildman–Crippen LogP) is 0.471. The number of benzene rings is 1. The third kappa shape index (κ3) is 4.23. The highest BCUT2D eigenvalue weighted by Crippen LogP contribution is 2.22. The SMILES string of the molecule is O=C(O)c1cccc(OCCOCCO)c1C(=O)O. The summed E-state index contributed by atoms with van der Waals surface area (Å²) in [5.41, 5.74) is -0.724. The van der Waals surface area contributed by atoms with Gasteiger partial charge >= 0.3 is 11.9 Å².